The van der Waals surface area contributed by atoms with Crippen LogP contribution >= 0.6 is 0 Å². The molecule has 0 radical (unpaired) electrons. The van der Waals surface area contributed by atoms with E-state index in [0.717, 1.165) is 0 Å². The van der Waals surface area contributed by atoms with Crippen LogP contribution in [0.5, 0.6) is 5.75 Å². The molecule has 9 nitrogen and oxygen atoms in total. The van der Waals surface area contributed by atoms with Gasteiger partial charge < -0.3 is 29.0 Å². The molecule has 146 valence electrons. The number of hydrogen-bond donors (Lipinski definition) is 2. The number of anilines is 1. The molecular formula is C19H19N3O6. The number of carbonyl (C=O) groups is 2. The molecule has 1 aromatic carbocycles. The van der Waals surface area contributed by atoms with E-state index in [9.17, 15) is 14.7 Å². The Morgan fingerprint density at radius 3 is 2.50 bits per heavy atom. The van der Waals surface area contributed by atoms with Crippen molar-refractivity contribution in [1.82, 2.24) is 10.1 Å². The van der Waals surface area contributed by atoms with Crippen LogP contribution in [0.15, 0.2) is 45.3 Å². The summed E-state index contributed by atoms with van der Waals surface area (Å²) in [5.74, 6) is 0.0308. The number of hydrogen-bond acceptors (Lipinski definition) is 7. The smallest absolute Gasteiger partial charge is 0.343 e. The van der Waals surface area contributed by atoms with Gasteiger partial charge in [0, 0.05) is 19.7 Å². The first-order valence-electron chi connectivity index (χ1n) is 8.32. The van der Waals surface area contributed by atoms with Crippen LogP contribution in [0.4, 0.5) is 5.82 Å². The van der Waals surface area contributed by atoms with E-state index < -0.39 is 5.97 Å². The number of rotatable bonds is 7. The third-order valence-electron chi connectivity index (χ3n) is 3.97. The van der Waals surface area contributed by atoms with Crippen molar-refractivity contribution >= 4 is 17.7 Å². The molecule has 3 aromatic rings. The van der Waals surface area contributed by atoms with Gasteiger partial charge in [0.25, 0.3) is 5.91 Å². The van der Waals surface area contributed by atoms with Crippen molar-refractivity contribution in [2.75, 3.05) is 26.5 Å². The van der Waals surface area contributed by atoms with E-state index in [2.05, 4.69) is 10.5 Å². The van der Waals surface area contributed by atoms with E-state index in [1.165, 1.54) is 4.90 Å². The van der Waals surface area contributed by atoms with E-state index in [1.807, 2.05) is 0 Å². The first-order chi connectivity index (χ1) is 13.4. The highest BCUT2D eigenvalue weighted by Crippen LogP contribution is 2.30. The van der Waals surface area contributed by atoms with Gasteiger partial charge >= 0.3 is 5.97 Å². The number of benzene rings is 1. The number of nitrogens with one attached hydrogen (secondary N) is 1. The predicted octanol–water partition coefficient (Wildman–Crippen LogP) is 2.96. The monoisotopic (exact) mass is 385 g/mol. The summed E-state index contributed by atoms with van der Waals surface area (Å²) < 4.78 is 15.8. The van der Waals surface area contributed by atoms with Crippen molar-refractivity contribution in [1.29, 1.82) is 0 Å². The average molecular weight is 385 g/mol. The quantitative estimate of drug-likeness (QED) is 0.637. The first kappa shape index (κ1) is 19.0. The summed E-state index contributed by atoms with van der Waals surface area (Å²) in [5, 5.41) is 16.3. The molecule has 0 saturated carbocycles. The third-order valence-corrected chi connectivity index (χ3v) is 3.97. The molecule has 0 spiro atoms. The lowest BCUT2D eigenvalue weighted by atomic mass is 10.1. The maximum atomic E-state index is 11.9. The molecule has 28 heavy (non-hydrogen) atoms. The number of amides is 1. The van der Waals surface area contributed by atoms with Crippen molar-refractivity contribution < 1.29 is 28.4 Å². The number of methoxy groups -OCH3 is 1. The molecule has 0 unspecified atom stereocenters. The standard InChI is InChI=1S/C19H19N3O6/c1-22(2)18(23)14-9-8-13(27-14)10-20-17-15(19(24)25)16(28-21-17)11-4-6-12(26-3)7-5-11/h4-9H,10H2,1-3H3,(H,20,21)(H,24,25). The van der Waals surface area contributed by atoms with Crippen LogP contribution in [0.3, 0.4) is 0 Å². The summed E-state index contributed by atoms with van der Waals surface area (Å²) in [7, 11) is 4.79. The summed E-state index contributed by atoms with van der Waals surface area (Å²) in [6.07, 6.45) is 0. The minimum Gasteiger partial charge on any atom is -0.497 e. The van der Waals surface area contributed by atoms with Gasteiger partial charge in [-0.1, -0.05) is 5.16 Å². The van der Waals surface area contributed by atoms with Crippen molar-refractivity contribution in [2.45, 2.75) is 6.54 Å². The fourth-order valence-electron chi connectivity index (χ4n) is 2.53. The van der Waals surface area contributed by atoms with Gasteiger partial charge in [-0.2, -0.15) is 0 Å². The Labute approximate surface area is 160 Å². The maximum absolute atomic E-state index is 11.9. The highest BCUT2D eigenvalue weighted by molar-refractivity contribution is 5.99. The average Bonchev–Trinajstić information content (AvgIpc) is 3.32. The van der Waals surface area contributed by atoms with E-state index in [1.54, 1.807) is 57.6 Å². The first-order valence-corrected chi connectivity index (χ1v) is 8.32. The SMILES string of the molecule is COc1ccc(-c2onc(NCc3ccc(C(=O)N(C)C)o3)c2C(=O)O)cc1. The summed E-state index contributed by atoms with van der Waals surface area (Å²) in [5.41, 5.74) is 0.455. The van der Waals surface area contributed by atoms with Gasteiger partial charge in [-0.15, -0.1) is 0 Å². The molecule has 3 rings (SSSR count). The molecule has 0 atom stereocenters. The molecular weight excluding hydrogens is 366 g/mol. The molecule has 2 heterocycles. The number of furan rings is 1. The largest absolute Gasteiger partial charge is 0.497 e. The Morgan fingerprint density at radius 2 is 1.89 bits per heavy atom. The number of carbonyl (C=O) groups excluding carboxylic acids is 1. The zero-order chi connectivity index (χ0) is 20.3. The van der Waals surface area contributed by atoms with Crippen LogP contribution in [-0.4, -0.2) is 48.2 Å². The topological polar surface area (TPSA) is 118 Å². The fourth-order valence-corrected chi connectivity index (χ4v) is 2.53. The van der Waals surface area contributed by atoms with Gasteiger partial charge in [-0.3, -0.25) is 4.79 Å². The third kappa shape index (κ3) is 3.83. The lowest BCUT2D eigenvalue weighted by Crippen LogP contribution is -2.20. The molecule has 2 N–H and O–H groups in total. The second kappa shape index (κ2) is 7.87. The Kier molecular flexibility index (Phi) is 5.35. The Morgan fingerprint density at radius 1 is 1.18 bits per heavy atom. The number of aromatic nitrogens is 1. The summed E-state index contributed by atoms with van der Waals surface area (Å²) >= 11 is 0. The van der Waals surface area contributed by atoms with Gasteiger partial charge in [-0.05, 0) is 36.4 Å². The van der Waals surface area contributed by atoms with Crippen molar-refractivity contribution in [2.24, 2.45) is 0 Å². The van der Waals surface area contributed by atoms with Crippen LogP contribution in [-0.2, 0) is 6.54 Å². The molecule has 0 bridgehead atoms. The molecule has 0 saturated heterocycles. The zero-order valence-corrected chi connectivity index (χ0v) is 15.6. The highest BCUT2D eigenvalue weighted by atomic mass is 16.5. The number of aromatic carboxylic acids is 1. The highest BCUT2D eigenvalue weighted by Gasteiger charge is 2.24. The summed E-state index contributed by atoms with van der Waals surface area (Å²) in [6, 6.07) is 9.95. The Hall–Kier alpha value is -3.75. The van der Waals surface area contributed by atoms with Crippen LogP contribution in [0.25, 0.3) is 11.3 Å². The van der Waals surface area contributed by atoms with Crippen molar-refractivity contribution in [3.8, 4) is 17.1 Å². The Bertz CT molecular complexity index is 988. The van der Waals surface area contributed by atoms with Crippen molar-refractivity contribution in [3.63, 3.8) is 0 Å². The normalized spacial score (nSPS) is 10.5. The minimum absolute atomic E-state index is 0.0650. The molecule has 0 aliphatic heterocycles. The molecule has 9 heteroatoms. The van der Waals surface area contributed by atoms with Gasteiger partial charge in [0.15, 0.2) is 22.9 Å². The van der Waals surface area contributed by atoms with Gasteiger partial charge in [0.1, 0.15) is 11.5 Å². The number of carboxylic acid groups (broad SMARTS) is 1. The number of ether oxygens (including phenoxy) is 1. The molecule has 2 aromatic heterocycles. The molecule has 0 fully saturated rings. The lowest BCUT2D eigenvalue weighted by molar-refractivity contribution is 0.0697. The minimum atomic E-state index is -1.18. The van der Waals surface area contributed by atoms with Crippen LogP contribution in [0.1, 0.15) is 26.7 Å². The second-order valence-electron chi connectivity index (χ2n) is 6.09. The van der Waals surface area contributed by atoms with Gasteiger partial charge in [0.2, 0.25) is 0 Å². The lowest BCUT2D eigenvalue weighted by Gasteiger charge is -2.07. The maximum Gasteiger partial charge on any atom is 0.343 e. The van der Waals surface area contributed by atoms with E-state index in [-0.39, 0.29) is 35.4 Å². The van der Waals surface area contributed by atoms with Gasteiger partial charge in [-0.25, -0.2) is 4.79 Å². The Balaban J connectivity index is 1.80. The van der Waals surface area contributed by atoms with E-state index in [4.69, 9.17) is 13.7 Å². The molecule has 0 aliphatic carbocycles. The second-order valence-corrected chi connectivity index (χ2v) is 6.09. The number of nitrogens with zero attached hydrogens (tertiary/aromatic N) is 2. The zero-order valence-electron chi connectivity index (χ0n) is 15.6. The van der Waals surface area contributed by atoms with Crippen LogP contribution in [0, 0.1) is 0 Å². The summed E-state index contributed by atoms with van der Waals surface area (Å²) in [4.78, 5) is 25.0. The van der Waals surface area contributed by atoms with E-state index in [0.29, 0.717) is 17.1 Å². The molecule has 1 amide bonds. The van der Waals surface area contributed by atoms with E-state index >= 15 is 0 Å². The van der Waals surface area contributed by atoms with Crippen LogP contribution in [0.2, 0.25) is 0 Å². The van der Waals surface area contributed by atoms with Crippen molar-refractivity contribution in [3.05, 3.63) is 53.5 Å². The predicted molar refractivity (Wildman–Crippen MR) is 99.5 cm³/mol. The van der Waals surface area contributed by atoms with Crippen LogP contribution < -0.4 is 10.1 Å². The summed E-state index contributed by atoms with van der Waals surface area (Å²) in [6.45, 7) is 0.134. The molecule has 0 aliphatic rings. The number of carboxylic acids is 1. The van der Waals surface area contributed by atoms with Gasteiger partial charge in [0.05, 0.1) is 13.7 Å². The fraction of sp³-hybridized carbons (Fsp3) is 0.211.